The molecule has 33 heavy (non-hydrogen) atoms. The zero-order valence-corrected chi connectivity index (χ0v) is 19.8. The summed E-state index contributed by atoms with van der Waals surface area (Å²) in [6.45, 7) is 6.60. The normalized spacial score (nSPS) is 20.0. The van der Waals surface area contributed by atoms with E-state index in [0.717, 1.165) is 5.56 Å². The molecule has 174 valence electrons. The molecule has 5 nitrogen and oxygen atoms in total. The van der Waals surface area contributed by atoms with Gasteiger partial charge in [-0.2, -0.15) is 4.31 Å². The van der Waals surface area contributed by atoms with Gasteiger partial charge in [0.2, 0.25) is 10.0 Å². The van der Waals surface area contributed by atoms with Gasteiger partial charge in [-0.3, -0.25) is 0 Å². The Bertz CT molecular complexity index is 1220. The van der Waals surface area contributed by atoms with Crippen LogP contribution in [-0.4, -0.2) is 25.3 Å². The number of halogens is 1. The van der Waals surface area contributed by atoms with Crippen molar-refractivity contribution in [3.63, 3.8) is 0 Å². The molecule has 2 atom stereocenters. The van der Waals surface area contributed by atoms with Crippen molar-refractivity contribution >= 4 is 15.7 Å². The van der Waals surface area contributed by atoms with Crippen molar-refractivity contribution in [2.75, 3.05) is 11.9 Å². The predicted octanol–water partition coefficient (Wildman–Crippen LogP) is 5.61. The number of hydrogen-bond donors (Lipinski definition) is 1. The van der Waals surface area contributed by atoms with E-state index in [1.807, 2.05) is 37.3 Å². The predicted molar refractivity (Wildman–Crippen MR) is 128 cm³/mol. The van der Waals surface area contributed by atoms with Crippen molar-refractivity contribution in [1.29, 1.82) is 0 Å². The third kappa shape index (κ3) is 4.89. The average molecular weight is 469 g/mol. The van der Waals surface area contributed by atoms with E-state index in [9.17, 15) is 12.8 Å². The first-order valence-corrected chi connectivity index (χ1v) is 12.6. The summed E-state index contributed by atoms with van der Waals surface area (Å²) < 4.78 is 49.9. The SMILES string of the molecule is CC(C)CNc1cccc2c1S(=O)(=O)N(Cc1cccc(F)c1)[C@@H](C)[C@H](c1ccccc1)O2. The minimum atomic E-state index is -3.98. The molecule has 0 spiro atoms. The summed E-state index contributed by atoms with van der Waals surface area (Å²) in [7, 11) is -3.98. The van der Waals surface area contributed by atoms with Gasteiger partial charge in [-0.1, -0.05) is 62.4 Å². The van der Waals surface area contributed by atoms with Gasteiger partial charge in [0.15, 0.2) is 0 Å². The second-order valence-corrected chi connectivity index (χ2v) is 10.6. The lowest BCUT2D eigenvalue weighted by molar-refractivity contribution is 0.124. The molecule has 0 fully saturated rings. The van der Waals surface area contributed by atoms with Gasteiger partial charge in [0.05, 0.1) is 11.7 Å². The van der Waals surface area contributed by atoms with E-state index in [1.54, 1.807) is 30.3 Å². The molecule has 1 aliphatic rings. The molecule has 0 aliphatic carbocycles. The highest BCUT2D eigenvalue weighted by Crippen LogP contribution is 2.43. The maximum atomic E-state index is 14.1. The van der Waals surface area contributed by atoms with Crippen LogP contribution >= 0.6 is 0 Å². The molecule has 0 unspecified atom stereocenters. The van der Waals surface area contributed by atoms with Gasteiger partial charge in [0.1, 0.15) is 22.6 Å². The third-order valence-electron chi connectivity index (χ3n) is 5.75. The highest BCUT2D eigenvalue weighted by atomic mass is 32.2. The summed E-state index contributed by atoms with van der Waals surface area (Å²) in [5.74, 6) is 0.240. The van der Waals surface area contributed by atoms with Crippen LogP contribution in [0.4, 0.5) is 10.1 Å². The van der Waals surface area contributed by atoms with Gasteiger partial charge in [-0.25, -0.2) is 12.8 Å². The van der Waals surface area contributed by atoms with Crippen molar-refractivity contribution in [1.82, 2.24) is 4.31 Å². The number of benzene rings is 3. The highest BCUT2D eigenvalue weighted by Gasteiger charge is 2.42. The average Bonchev–Trinajstić information content (AvgIpc) is 2.87. The monoisotopic (exact) mass is 468 g/mol. The van der Waals surface area contributed by atoms with Crippen molar-refractivity contribution in [2.45, 2.75) is 44.4 Å². The first-order valence-electron chi connectivity index (χ1n) is 11.1. The van der Waals surface area contributed by atoms with Gasteiger partial charge < -0.3 is 10.1 Å². The molecule has 3 aromatic carbocycles. The molecule has 0 saturated heterocycles. The first kappa shape index (κ1) is 23.3. The molecule has 4 rings (SSSR count). The van der Waals surface area contributed by atoms with Gasteiger partial charge in [-0.05, 0) is 48.2 Å². The summed E-state index contributed by atoms with van der Waals surface area (Å²) in [6, 6.07) is 20.3. The molecule has 7 heteroatoms. The summed E-state index contributed by atoms with van der Waals surface area (Å²) in [4.78, 5) is 0.118. The Hall–Kier alpha value is -2.90. The Kier molecular flexibility index (Phi) is 6.72. The fourth-order valence-corrected chi connectivity index (χ4v) is 5.97. The van der Waals surface area contributed by atoms with Crippen molar-refractivity contribution in [2.24, 2.45) is 5.92 Å². The van der Waals surface area contributed by atoms with Crippen LogP contribution in [-0.2, 0) is 16.6 Å². The van der Waals surface area contributed by atoms with Crippen LogP contribution in [0, 0.1) is 11.7 Å². The zero-order valence-electron chi connectivity index (χ0n) is 19.0. The number of fused-ring (bicyclic) bond motifs is 1. The maximum absolute atomic E-state index is 14.1. The Morgan fingerprint density at radius 1 is 1.03 bits per heavy atom. The molecule has 1 heterocycles. The van der Waals surface area contributed by atoms with E-state index < -0.39 is 28.0 Å². The lowest BCUT2D eigenvalue weighted by Crippen LogP contribution is -2.41. The smallest absolute Gasteiger partial charge is 0.249 e. The third-order valence-corrected chi connectivity index (χ3v) is 7.76. The number of hydrogen-bond acceptors (Lipinski definition) is 4. The summed E-state index contributed by atoms with van der Waals surface area (Å²) in [5, 5.41) is 3.27. The quantitative estimate of drug-likeness (QED) is 0.511. The minimum absolute atomic E-state index is 0.0336. The molecule has 1 aliphatic heterocycles. The summed E-state index contributed by atoms with van der Waals surface area (Å²) >= 11 is 0. The highest BCUT2D eigenvalue weighted by molar-refractivity contribution is 7.89. The minimum Gasteiger partial charge on any atom is -0.483 e. The Morgan fingerprint density at radius 2 is 1.76 bits per heavy atom. The van der Waals surface area contributed by atoms with Gasteiger partial charge in [0, 0.05) is 13.1 Å². The van der Waals surface area contributed by atoms with Crippen LogP contribution in [0.15, 0.2) is 77.7 Å². The molecule has 0 radical (unpaired) electrons. The van der Waals surface area contributed by atoms with E-state index in [1.165, 1.54) is 16.4 Å². The van der Waals surface area contributed by atoms with Crippen molar-refractivity contribution in [3.05, 3.63) is 89.7 Å². The number of rotatable bonds is 6. The number of nitrogens with one attached hydrogen (secondary N) is 1. The summed E-state index contributed by atoms with van der Waals surface area (Å²) in [6.07, 6.45) is -0.531. The van der Waals surface area contributed by atoms with Gasteiger partial charge in [-0.15, -0.1) is 0 Å². The van der Waals surface area contributed by atoms with Crippen LogP contribution in [0.25, 0.3) is 0 Å². The van der Waals surface area contributed by atoms with Crippen LogP contribution in [0.2, 0.25) is 0 Å². The van der Waals surface area contributed by atoms with Gasteiger partial charge in [0.25, 0.3) is 0 Å². The van der Waals surface area contributed by atoms with Crippen molar-refractivity contribution in [3.8, 4) is 5.75 Å². The largest absolute Gasteiger partial charge is 0.483 e. The van der Waals surface area contributed by atoms with Crippen LogP contribution < -0.4 is 10.1 Å². The van der Waals surface area contributed by atoms with E-state index in [4.69, 9.17) is 4.74 Å². The zero-order chi connectivity index (χ0) is 23.6. The fourth-order valence-electron chi connectivity index (χ4n) is 4.08. The van der Waals surface area contributed by atoms with Gasteiger partial charge >= 0.3 is 0 Å². The molecule has 0 aromatic heterocycles. The first-order chi connectivity index (χ1) is 15.8. The van der Waals surface area contributed by atoms with Crippen molar-refractivity contribution < 1.29 is 17.5 Å². The van der Waals surface area contributed by atoms with Crippen LogP contribution in [0.5, 0.6) is 5.75 Å². The molecular weight excluding hydrogens is 439 g/mol. The Balaban J connectivity index is 1.86. The number of anilines is 1. The Labute approximate surface area is 195 Å². The Morgan fingerprint density at radius 3 is 2.45 bits per heavy atom. The molecule has 3 aromatic rings. The number of ether oxygens (including phenoxy) is 1. The molecule has 0 amide bonds. The molecular formula is C26H29FN2O3S. The number of nitrogens with zero attached hydrogens (tertiary/aromatic N) is 1. The topological polar surface area (TPSA) is 58.6 Å². The lowest BCUT2D eigenvalue weighted by Gasteiger charge is -2.31. The number of sulfonamides is 1. The van der Waals surface area contributed by atoms with E-state index in [-0.39, 0.29) is 11.4 Å². The van der Waals surface area contributed by atoms with Crippen LogP contribution in [0.1, 0.15) is 38.0 Å². The van der Waals surface area contributed by atoms with E-state index in [0.29, 0.717) is 29.5 Å². The van der Waals surface area contributed by atoms with E-state index >= 15 is 0 Å². The second kappa shape index (κ2) is 9.53. The van der Waals surface area contributed by atoms with Crippen LogP contribution in [0.3, 0.4) is 0 Å². The molecule has 0 saturated carbocycles. The lowest BCUT2D eigenvalue weighted by atomic mass is 10.0. The second-order valence-electron chi connectivity index (χ2n) is 8.78. The maximum Gasteiger partial charge on any atom is 0.249 e. The summed E-state index contributed by atoms with van der Waals surface area (Å²) in [5.41, 5.74) is 1.96. The molecule has 0 bridgehead atoms. The fraction of sp³-hybridized carbons (Fsp3) is 0.308. The molecule has 1 N–H and O–H groups in total. The van der Waals surface area contributed by atoms with E-state index in [2.05, 4.69) is 19.2 Å². The standard InChI is InChI=1S/C26H29FN2O3S/c1-18(2)16-28-23-13-8-14-24-26(23)33(30,31)29(17-20-9-7-12-22(27)15-20)19(3)25(32-24)21-10-5-4-6-11-21/h4-15,18-19,25,28H,16-17H2,1-3H3/t19-,25+/m0/s1.